The highest BCUT2D eigenvalue weighted by Crippen LogP contribution is 2.30. The lowest BCUT2D eigenvalue weighted by atomic mass is 9.91. The van der Waals surface area contributed by atoms with Gasteiger partial charge in [0.2, 0.25) is 0 Å². The van der Waals surface area contributed by atoms with Gasteiger partial charge in [0.1, 0.15) is 5.52 Å². The first-order chi connectivity index (χ1) is 9.40. The highest BCUT2D eigenvalue weighted by Gasteiger charge is 2.21. The molecule has 1 aromatic carbocycles. The number of aryl methyl sites for hydroxylation is 2. The molecule has 1 aliphatic carbocycles. The Morgan fingerprint density at radius 2 is 1.95 bits per heavy atom. The number of rotatable bonds is 1. The van der Waals surface area contributed by atoms with Crippen LogP contribution in [0.15, 0.2) is 16.5 Å². The number of fused-ring (bicyclic) bond motifs is 2. The lowest BCUT2D eigenvalue weighted by molar-refractivity contribution is 0.387. The number of aromatic nitrogens is 1. The fourth-order valence-electron chi connectivity index (χ4n) is 3.41. The fraction of sp³-hybridized carbons (Fsp3) is 0.562. The lowest BCUT2D eigenvalue weighted by Crippen LogP contribution is -2.28. The molecule has 0 bridgehead atoms. The van der Waals surface area contributed by atoms with Crippen LogP contribution in [-0.2, 0) is 12.8 Å². The van der Waals surface area contributed by atoms with E-state index in [1.54, 1.807) is 0 Å². The van der Waals surface area contributed by atoms with Crippen LogP contribution in [0.1, 0.15) is 48.6 Å². The van der Waals surface area contributed by atoms with Gasteiger partial charge < -0.3 is 9.73 Å². The van der Waals surface area contributed by atoms with Gasteiger partial charge in [0.05, 0.1) is 0 Å². The van der Waals surface area contributed by atoms with E-state index < -0.39 is 0 Å². The van der Waals surface area contributed by atoms with Crippen LogP contribution in [0.4, 0.5) is 0 Å². The van der Waals surface area contributed by atoms with Crippen LogP contribution < -0.4 is 5.32 Å². The zero-order valence-electron chi connectivity index (χ0n) is 11.2. The Bertz CT molecular complexity index is 553. The van der Waals surface area contributed by atoms with Gasteiger partial charge in [-0.05, 0) is 68.3 Å². The van der Waals surface area contributed by atoms with Crippen LogP contribution in [0.5, 0.6) is 0 Å². The van der Waals surface area contributed by atoms with E-state index in [0.29, 0.717) is 5.92 Å². The maximum absolute atomic E-state index is 6.02. The number of nitrogens with zero attached hydrogens (tertiary/aromatic N) is 1. The molecular weight excluding hydrogens is 236 g/mol. The van der Waals surface area contributed by atoms with E-state index >= 15 is 0 Å². The maximum atomic E-state index is 6.02. The Balaban J connectivity index is 1.73. The summed E-state index contributed by atoms with van der Waals surface area (Å²) < 4.78 is 6.02. The van der Waals surface area contributed by atoms with E-state index in [4.69, 9.17) is 9.40 Å². The molecule has 2 heterocycles. The van der Waals surface area contributed by atoms with Crippen molar-refractivity contribution in [2.24, 2.45) is 0 Å². The minimum absolute atomic E-state index is 0.457. The van der Waals surface area contributed by atoms with Crippen molar-refractivity contribution in [3.63, 3.8) is 0 Å². The number of hydrogen-bond acceptors (Lipinski definition) is 3. The van der Waals surface area contributed by atoms with Gasteiger partial charge in [0.25, 0.3) is 0 Å². The van der Waals surface area contributed by atoms with Crippen LogP contribution in [0.3, 0.4) is 0 Å². The molecule has 1 unspecified atom stereocenters. The van der Waals surface area contributed by atoms with Gasteiger partial charge in [-0.1, -0.05) is 0 Å². The summed E-state index contributed by atoms with van der Waals surface area (Å²) in [6, 6.07) is 4.49. The van der Waals surface area contributed by atoms with Crippen molar-refractivity contribution in [3.8, 4) is 0 Å². The highest BCUT2D eigenvalue weighted by atomic mass is 16.3. The number of oxazole rings is 1. The molecule has 1 aromatic heterocycles. The molecule has 2 aliphatic rings. The van der Waals surface area contributed by atoms with E-state index in [9.17, 15) is 0 Å². The molecule has 100 valence electrons. The van der Waals surface area contributed by atoms with Gasteiger partial charge in [0, 0.05) is 12.5 Å². The summed E-state index contributed by atoms with van der Waals surface area (Å²) in [5.74, 6) is 1.39. The van der Waals surface area contributed by atoms with Crippen molar-refractivity contribution >= 4 is 11.1 Å². The smallest absolute Gasteiger partial charge is 0.199 e. The molecule has 0 spiro atoms. The maximum Gasteiger partial charge on any atom is 0.199 e. The van der Waals surface area contributed by atoms with Crippen LogP contribution >= 0.6 is 0 Å². The van der Waals surface area contributed by atoms with E-state index in [1.807, 2.05) is 0 Å². The van der Waals surface area contributed by atoms with Crippen LogP contribution in [-0.4, -0.2) is 18.1 Å². The Morgan fingerprint density at radius 1 is 1.11 bits per heavy atom. The quantitative estimate of drug-likeness (QED) is 0.851. The van der Waals surface area contributed by atoms with E-state index in [2.05, 4.69) is 17.4 Å². The Labute approximate surface area is 113 Å². The molecule has 19 heavy (non-hydrogen) atoms. The average molecular weight is 256 g/mol. The SMILES string of the molecule is c1c2c(cc3oc(C4CCCNC4)nc13)CCCC2. The third kappa shape index (κ3) is 2.06. The van der Waals surface area contributed by atoms with E-state index in [-0.39, 0.29) is 0 Å². The predicted octanol–water partition coefficient (Wildman–Crippen LogP) is 3.17. The molecule has 1 aliphatic heterocycles. The van der Waals surface area contributed by atoms with Gasteiger partial charge in [-0.15, -0.1) is 0 Å². The van der Waals surface area contributed by atoms with Gasteiger partial charge >= 0.3 is 0 Å². The first-order valence-corrected chi connectivity index (χ1v) is 7.53. The van der Waals surface area contributed by atoms with Crippen LogP contribution in [0, 0.1) is 0 Å². The first-order valence-electron chi connectivity index (χ1n) is 7.53. The van der Waals surface area contributed by atoms with E-state index in [0.717, 1.165) is 30.1 Å². The predicted molar refractivity (Wildman–Crippen MR) is 75.5 cm³/mol. The standard InChI is InChI=1S/C16H20N2O/c1-2-5-12-9-15-14(8-11(12)4-1)18-16(19-15)13-6-3-7-17-10-13/h8-9,13,17H,1-7,10H2. The Kier molecular flexibility index (Phi) is 2.80. The molecule has 0 saturated carbocycles. The number of nitrogens with one attached hydrogen (secondary N) is 1. The molecule has 1 N–H and O–H groups in total. The van der Waals surface area contributed by atoms with Crippen molar-refractivity contribution in [1.29, 1.82) is 0 Å². The zero-order chi connectivity index (χ0) is 12.7. The van der Waals surface area contributed by atoms with Gasteiger partial charge in [-0.3, -0.25) is 0 Å². The van der Waals surface area contributed by atoms with Crippen LogP contribution in [0.2, 0.25) is 0 Å². The van der Waals surface area contributed by atoms with Crippen molar-refractivity contribution in [3.05, 3.63) is 29.2 Å². The van der Waals surface area contributed by atoms with Crippen LogP contribution in [0.25, 0.3) is 11.1 Å². The summed E-state index contributed by atoms with van der Waals surface area (Å²) in [5.41, 5.74) is 5.01. The third-order valence-electron chi connectivity index (χ3n) is 4.51. The second-order valence-electron chi connectivity index (χ2n) is 5.89. The van der Waals surface area contributed by atoms with Gasteiger partial charge in [-0.2, -0.15) is 0 Å². The van der Waals surface area contributed by atoms with Crippen molar-refractivity contribution in [2.75, 3.05) is 13.1 Å². The summed E-state index contributed by atoms with van der Waals surface area (Å²) in [6.45, 7) is 2.14. The monoisotopic (exact) mass is 256 g/mol. The van der Waals surface area contributed by atoms with Gasteiger partial charge in [0.15, 0.2) is 11.5 Å². The Hall–Kier alpha value is -1.35. The molecule has 1 fully saturated rings. The second-order valence-corrected chi connectivity index (χ2v) is 5.89. The highest BCUT2D eigenvalue weighted by molar-refractivity contribution is 5.75. The second kappa shape index (κ2) is 4.64. The third-order valence-corrected chi connectivity index (χ3v) is 4.51. The summed E-state index contributed by atoms with van der Waals surface area (Å²) >= 11 is 0. The largest absolute Gasteiger partial charge is 0.440 e. The number of hydrogen-bond donors (Lipinski definition) is 1. The minimum Gasteiger partial charge on any atom is -0.440 e. The summed E-state index contributed by atoms with van der Waals surface area (Å²) in [4.78, 5) is 4.74. The van der Waals surface area contributed by atoms with Crippen molar-refractivity contribution in [2.45, 2.75) is 44.4 Å². The average Bonchev–Trinajstić information content (AvgIpc) is 2.88. The Morgan fingerprint density at radius 3 is 2.74 bits per heavy atom. The molecule has 0 radical (unpaired) electrons. The molecule has 4 rings (SSSR count). The molecular formula is C16H20N2O. The molecule has 3 nitrogen and oxygen atoms in total. The van der Waals surface area contributed by atoms with Crippen molar-refractivity contribution < 1.29 is 4.42 Å². The fourth-order valence-corrected chi connectivity index (χ4v) is 3.41. The van der Waals surface area contributed by atoms with Gasteiger partial charge in [-0.25, -0.2) is 4.98 Å². The normalized spacial score (nSPS) is 23.5. The van der Waals surface area contributed by atoms with Crippen molar-refractivity contribution in [1.82, 2.24) is 10.3 Å². The molecule has 2 aromatic rings. The molecule has 0 amide bonds. The summed E-state index contributed by atoms with van der Waals surface area (Å²) in [7, 11) is 0. The first kappa shape index (κ1) is 11.5. The summed E-state index contributed by atoms with van der Waals surface area (Å²) in [5, 5.41) is 3.43. The topological polar surface area (TPSA) is 38.1 Å². The molecule has 3 heteroatoms. The van der Waals surface area contributed by atoms with E-state index in [1.165, 1.54) is 49.7 Å². The lowest BCUT2D eigenvalue weighted by Gasteiger charge is -2.19. The minimum atomic E-state index is 0.457. The number of piperidine rings is 1. The zero-order valence-corrected chi connectivity index (χ0v) is 11.2. The number of benzene rings is 1. The summed E-state index contributed by atoms with van der Waals surface area (Å²) in [6.07, 6.45) is 7.45. The molecule has 1 saturated heterocycles. The molecule has 1 atom stereocenters.